The molecular weight excluding hydrogens is 611 g/mol. The molecule has 3 aromatic carbocycles. The molecule has 1 unspecified atom stereocenters. The lowest BCUT2D eigenvalue weighted by Crippen LogP contribution is -2.55. The number of para-hydroxylation sites is 1. The monoisotopic (exact) mass is 646 g/mol. The highest BCUT2D eigenvalue weighted by Crippen LogP contribution is 2.60. The van der Waals surface area contributed by atoms with Crippen molar-refractivity contribution in [3.05, 3.63) is 89.2 Å². The van der Waals surface area contributed by atoms with E-state index in [9.17, 15) is 14.4 Å². The van der Waals surface area contributed by atoms with Gasteiger partial charge in [-0.05, 0) is 103 Å². The number of carbonyl (C=O) groups is 3. The molecule has 4 saturated carbocycles. The summed E-state index contributed by atoms with van der Waals surface area (Å²) in [5.74, 6) is 1.07. The standard InChI is InChI=1S/C36H35FN8O3/c1-20-6-4-10-27-30(26-9-2-3-11-28(26)37)39-33(40-35(48)38-25-8-5-7-24(15-25)32-41-43-44-42-32)34(47)45(31(20)27)19-29(46)36-16-21-12-22(17-36)14-23(13-21)18-36/h2-11,15,21-23,33H,12-14,16-19H2,1H3,(H2,38,40,48)(H,41,42,43,44). The van der Waals surface area contributed by atoms with E-state index < -0.39 is 29.3 Å². The van der Waals surface area contributed by atoms with Gasteiger partial charge >= 0.3 is 6.03 Å². The number of rotatable bonds is 7. The number of aromatic amines is 1. The van der Waals surface area contributed by atoms with Gasteiger partial charge in [-0.3, -0.25) is 9.59 Å². The Balaban J connectivity index is 1.15. The van der Waals surface area contributed by atoms with E-state index in [1.54, 1.807) is 48.5 Å². The Bertz CT molecular complexity index is 1920. The summed E-state index contributed by atoms with van der Waals surface area (Å²) in [5.41, 5.74) is 2.79. The molecule has 1 aromatic heterocycles. The van der Waals surface area contributed by atoms with Crippen molar-refractivity contribution in [2.75, 3.05) is 16.8 Å². The van der Waals surface area contributed by atoms with Gasteiger partial charge in [0.2, 0.25) is 6.17 Å². The second-order valence-corrected chi connectivity index (χ2v) is 13.8. The lowest BCUT2D eigenvalue weighted by molar-refractivity contribution is -0.143. The third-order valence-corrected chi connectivity index (χ3v) is 10.6. The Hall–Kier alpha value is -5.26. The minimum Gasteiger partial charge on any atom is -0.308 e. The smallest absolute Gasteiger partial charge is 0.308 e. The molecule has 244 valence electrons. The molecule has 12 heteroatoms. The lowest BCUT2D eigenvalue weighted by Gasteiger charge is -2.56. The van der Waals surface area contributed by atoms with Crippen LogP contribution in [0.15, 0.2) is 71.7 Å². The number of nitrogens with zero attached hydrogens (tertiary/aromatic N) is 5. The number of aryl methyl sites for hydroxylation is 1. The first kappa shape index (κ1) is 30.1. The number of amides is 3. The predicted octanol–water partition coefficient (Wildman–Crippen LogP) is 5.43. The molecule has 3 amide bonds. The van der Waals surface area contributed by atoms with Crippen LogP contribution in [-0.2, 0) is 9.59 Å². The van der Waals surface area contributed by atoms with Gasteiger partial charge in [0.1, 0.15) is 5.82 Å². The van der Waals surface area contributed by atoms with Crippen molar-refractivity contribution in [3.63, 3.8) is 0 Å². The number of urea groups is 1. The summed E-state index contributed by atoms with van der Waals surface area (Å²) in [6.45, 7) is 1.72. The second kappa shape index (κ2) is 11.8. The SMILES string of the molecule is Cc1cccc2c1N(CC(=O)C13CC4CC(CC(C4)C1)C3)C(=O)C(NC(=O)Nc1cccc(-c3nnn[nH]3)c1)N=C2c1ccccc1F. The number of halogens is 1. The normalized spacial score (nSPS) is 25.7. The van der Waals surface area contributed by atoms with Crippen molar-refractivity contribution in [3.8, 4) is 11.4 Å². The van der Waals surface area contributed by atoms with Crippen LogP contribution in [0.2, 0.25) is 0 Å². The maximum absolute atomic E-state index is 15.4. The number of aromatic nitrogens is 4. The summed E-state index contributed by atoms with van der Waals surface area (Å²) < 4.78 is 15.4. The van der Waals surface area contributed by atoms with Crippen LogP contribution in [0.4, 0.5) is 20.6 Å². The van der Waals surface area contributed by atoms with Crippen molar-refractivity contribution in [1.82, 2.24) is 25.9 Å². The van der Waals surface area contributed by atoms with Crippen LogP contribution in [0.25, 0.3) is 11.4 Å². The molecule has 1 atom stereocenters. The van der Waals surface area contributed by atoms with E-state index in [1.807, 2.05) is 19.1 Å². The minimum absolute atomic E-state index is 0.0559. The number of hydrogen-bond donors (Lipinski definition) is 3. The van der Waals surface area contributed by atoms with E-state index in [1.165, 1.54) is 30.2 Å². The molecule has 2 heterocycles. The van der Waals surface area contributed by atoms with Crippen molar-refractivity contribution < 1.29 is 18.8 Å². The van der Waals surface area contributed by atoms with Crippen LogP contribution in [0, 0.1) is 35.9 Å². The molecule has 0 radical (unpaired) electrons. The van der Waals surface area contributed by atoms with Crippen LogP contribution < -0.4 is 15.5 Å². The summed E-state index contributed by atoms with van der Waals surface area (Å²) in [5, 5.41) is 19.3. The Morgan fingerprint density at radius 2 is 1.67 bits per heavy atom. The average Bonchev–Trinajstić information content (AvgIpc) is 3.57. The topological polar surface area (TPSA) is 145 Å². The van der Waals surface area contributed by atoms with Crippen molar-refractivity contribution in [1.29, 1.82) is 0 Å². The van der Waals surface area contributed by atoms with Crippen LogP contribution in [0.5, 0.6) is 0 Å². The van der Waals surface area contributed by atoms with Crippen molar-refractivity contribution >= 4 is 34.8 Å². The van der Waals surface area contributed by atoms with Crippen molar-refractivity contribution in [2.24, 2.45) is 28.2 Å². The fourth-order valence-electron chi connectivity index (χ4n) is 8.92. The number of benzene rings is 3. The Labute approximate surface area is 276 Å². The Kier molecular flexibility index (Phi) is 7.38. The number of anilines is 2. The van der Waals surface area contributed by atoms with Gasteiger partial charge in [0.05, 0.1) is 17.9 Å². The zero-order valence-electron chi connectivity index (χ0n) is 26.4. The fourth-order valence-corrected chi connectivity index (χ4v) is 8.92. The molecule has 9 rings (SSSR count). The second-order valence-electron chi connectivity index (χ2n) is 13.8. The maximum atomic E-state index is 15.4. The number of nitrogens with one attached hydrogen (secondary N) is 3. The largest absolute Gasteiger partial charge is 0.321 e. The molecule has 1 aliphatic heterocycles. The Morgan fingerprint density at radius 1 is 0.958 bits per heavy atom. The highest BCUT2D eigenvalue weighted by Gasteiger charge is 2.55. The van der Waals surface area contributed by atoms with E-state index in [2.05, 4.69) is 31.3 Å². The first-order valence-electron chi connectivity index (χ1n) is 16.5. The Morgan fingerprint density at radius 3 is 2.38 bits per heavy atom. The van der Waals surface area contributed by atoms with Crippen LogP contribution in [-0.4, -0.2) is 56.8 Å². The number of benzodiazepines with no additional fused rings is 1. The summed E-state index contributed by atoms with van der Waals surface area (Å²) in [6, 6.07) is 17.9. The molecule has 48 heavy (non-hydrogen) atoms. The van der Waals surface area contributed by atoms with Crippen LogP contribution in [0.1, 0.15) is 55.2 Å². The van der Waals surface area contributed by atoms with E-state index in [-0.39, 0.29) is 23.6 Å². The number of Topliss-reactive ketones (excluding diaryl/α,β-unsaturated/α-hetero) is 1. The minimum atomic E-state index is -1.45. The highest BCUT2D eigenvalue weighted by molar-refractivity contribution is 6.21. The number of tetrazole rings is 1. The highest BCUT2D eigenvalue weighted by atomic mass is 19.1. The quantitative estimate of drug-likeness (QED) is 0.244. The van der Waals surface area contributed by atoms with Crippen molar-refractivity contribution in [2.45, 2.75) is 51.6 Å². The molecule has 4 aromatic rings. The van der Waals surface area contributed by atoms with Gasteiger partial charge in [0.15, 0.2) is 11.6 Å². The molecule has 4 fully saturated rings. The van der Waals surface area contributed by atoms with E-state index >= 15 is 4.39 Å². The predicted molar refractivity (Wildman–Crippen MR) is 177 cm³/mol. The summed E-state index contributed by atoms with van der Waals surface area (Å²) in [4.78, 5) is 48.7. The summed E-state index contributed by atoms with van der Waals surface area (Å²) >= 11 is 0. The van der Waals surface area contributed by atoms with E-state index in [0.29, 0.717) is 46.1 Å². The van der Waals surface area contributed by atoms with Gasteiger partial charge in [-0.1, -0.05) is 42.5 Å². The first-order valence-corrected chi connectivity index (χ1v) is 16.5. The van der Waals surface area contributed by atoms with Gasteiger partial charge in [-0.2, -0.15) is 0 Å². The molecule has 11 nitrogen and oxygen atoms in total. The zero-order valence-corrected chi connectivity index (χ0v) is 26.4. The van der Waals surface area contributed by atoms with Gasteiger partial charge in [0.25, 0.3) is 5.91 Å². The number of H-pyrrole nitrogens is 1. The van der Waals surface area contributed by atoms with Gasteiger partial charge in [-0.25, -0.2) is 19.3 Å². The number of carbonyl (C=O) groups excluding carboxylic acids is 3. The zero-order chi connectivity index (χ0) is 33.0. The van der Waals surface area contributed by atoms with E-state index in [4.69, 9.17) is 4.99 Å². The molecule has 3 N–H and O–H groups in total. The lowest BCUT2D eigenvalue weighted by atomic mass is 9.48. The van der Waals surface area contributed by atoms with Gasteiger partial charge < -0.3 is 15.5 Å². The molecule has 5 aliphatic rings. The fraction of sp³-hybridized carbons (Fsp3) is 0.361. The third kappa shape index (κ3) is 5.34. The number of aliphatic imine (C=N–C) groups is 1. The molecule has 4 aliphatic carbocycles. The van der Waals surface area contributed by atoms with E-state index in [0.717, 1.165) is 24.8 Å². The van der Waals surface area contributed by atoms with Gasteiger partial charge in [0, 0.05) is 27.8 Å². The van der Waals surface area contributed by atoms with Crippen LogP contribution in [0.3, 0.4) is 0 Å². The number of hydrogen-bond acceptors (Lipinski definition) is 7. The number of ketones is 1. The molecule has 0 saturated heterocycles. The average molecular weight is 647 g/mol. The summed E-state index contributed by atoms with van der Waals surface area (Å²) in [7, 11) is 0. The van der Waals surface area contributed by atoms with Crippen LogP contribution >= 0.6 is 0 Å². The molecule has 4 bridgehead atoms. The molecular formula is C36H35FN8O3. The van der Waals surface area contributed by atoms with Gasteiger partial charge in [-0.15, -0.1) is 5.10 Å². The third-order valence-electron chi connectivity index (χ3n) is 10.6. The number of fused-ring (bicyclic) bond motifs is 1. The molecule has 0 spiro atoms. The first-order chi connectivity index (χ1) is 23.3. The maximum Gasteiger partial charge on any atom is 0.321 e. The summed E-state index contributed by atoms with van der Waals surface area (Å²) in [6.07, 6.45) is 4.72.